The number of hydrogen-bond donors (Lipinski definition) is 2. The molecular formula is C24H27Cl2N3O5. The van der Waals surface area contributed by atoms with Crippen molar-refractivity contribution in [2.75, 3.05) is 14.1 Å². The lowest BCUT2D eigenvalue weighted by Crippen LogP contribution is -2.44. The van der Waals surface area contributed by atoms with Gasteiger partial charge in [-0.1, -0.05) is 13.0 Å². The van der Waals surface area contributed by atoms with Crippen LogP contribution in [0.3, 0.4) is 0 Å². The van der Waals surface area contributed by atoms with Crippen molar-refractivity contribution in [1.82, 2.24) is 14.5 Å². The Morgan fingerprint density at radius 3 is 2.59 bits per heavy atom. The van der Waals surface area contributed by atoms with Crippen molar-refractivity contribution < 1.29 is 19.7 Å². The SMILES string of the molecule is CC[C@@]1(O)C(=O)OCc2c1cc1n(c2=O)Cc2cc3c(O)c(C(C)N(C)C)ccc3nc2-1.Cl.Cl. The monoisotopic (exact) mass is 507 g/mol. The van der Waals surface area contributed by atoms with Gasteiger partial charge in [-0.25, -0.2) is 9.78 Å². The Morgan fingerprint density at radius 2 is 1.94 bits per heavy atom. The maximum Gasteiger partial charge on any atom is 0.343 e. The number of fused-ring (bicyclic) bond motifs is 5. The first-order chi connectivity index (χ1) is 15.2. The van der Waals surface area contributed by atoms with Gasteiger partial charge in [-0.05, 0) is 45.6 Å². The van der Waals surface area contributed by atoms with Crippen LogP contribution in [0.5, 0.6) is 5.75 Å². The Bertz CT molecular complexity index is 1370. The molecule has 3 aromatic rings. The molecule has 1 aromatic carbocycles. The molecule has 0 aliphatic carbocycles. The fraction of sp³-hybridized carbons (Fsp3) is 0.375. The van der Waals surface area contributed by atoms with Crippen LogP contribution in [0, 0.1) is 0 Å². The smallest absolute Gasteiger partial charge is 0.343 e. The van der Waals surface area contributed by atoms with Crippen molar-refractivity contribution in [2.24, 2.45) is 0 Å². The topological polar surface area (TPSA) is 105 Å². The van der Waals surface area contributed by atoms with Gasteiger partial charge in [0.25, 0.3) is 5.56 Å². The number of aromatic nitrogens is 2. The molecule has 2 N–H and O–H groups in total. The van der Waals surface area contributed by atoms with Crippen LogP contribution in [-0.2, 0) is 28.3 Å². The van der Waals surface area contributed by atoms with Crippen LogP contribution < -0.4 is 5.56 Å². The third-order valence-electron chi connectivity index (χ3n) is 6.92. The predicted octanol–water partition coefficient (Wildman–Crippen LogP) is 3.25. The summed E-state index contributed by atoms with van der Waals surface area (Å²) in [4.78, 5) is 32.3. The van der Waals surface area contributed by atoms with Gasteiger partial charge in [-0.15, -0.1) is 24.8 Å². The lowest BCUT2D eigenvalue weighted by atomic mass is 9.86. The van der Waals surface area contributed by atoms with E-state index in [2.05, 4.69) is 0 Å². The Labute approximate surface area is 209 Å². The van der Waals surface area contributed by atoms with Gasteiger partial charge in [-0.2, -0.15) is 0 Å². The molecule has 4 heterocycles. The third-order valence-corrected chi connectivity index (χ3v) is 6.92. The number of phenols is 1. The molecule has 0 spiro atoms. The van der Waals surface area contributed by atoms with E-state index in [1.165, 1.54) is 0 Å². The molecule has 182 valence electrons. The molecule has 2 aliphatic rings. The van der Waals surface area contributed by atoms with E-state index in [4.69, 9.17) is 9.72 Å². The molecule has 5 rings (SSSR count). The molecule has 10 heteroatoms. The molecule has 0 fully saturated rings. The molecule has 0 radical (unpaired) electrons. The van der Waals surface area contributed by atoms with E-state index in [1.54, 1.807) is 17.6 Å². The number of phenolic OH excluding ortho intramolecular Hbond substituents is 1. The van der Waals surface area contributed by atoms with Gasteiger partial charge in [-0.3, -0.25) is 4.79 Å². The lowest BCUT2D eigenvalue weighted by molar-refractivity contribution is -0.172. The summed E-state index contributed by atoms with van der Waals surface area (Å²) in [6.07, 6.45) is 0.0977. The second-order valence-electron chi connectivity index (χ2n) is 8.81. The van der Waals surface area contributed by atoms with E-state index in [1.807, 2.05) is 44.1 Å². The van der Waals surface area contributed by atoms with Crippen molar-refractivity contribution in [3.63, 3.8) is 0 Å². The number of ether oxygens (including phenoxy) is 1. The number of aliphatic hydroxyl groups is 1. The maximum atomic E-state index is 13.2. The summed E-state index contributed by atoms with van der Waals surface area (Å²) in [5.41, 5.74) is 1.81. The van der Waals surface area contributed by atoms with Gasteiger partial charge in [0.2, 0.25) is 0 Å². The van der Waals surface area contributed by atoms with Crippen LogP contribution in [0.4, 0.5) is 0 Å². The molecule has 0 amide bonds. The third kappa shape index (κ3) is 3.48. The fourth-order valence-corrected chi connectivity index (χ4v) is 4.67. The fourth-order valence-electron chi connectivity index (χ4n) is 4.67. The number of rotatable bonds is 3. The second-order valence-corrected chi connectivity index (χ2v) is 8.81. The summed E-state index contributed by atoms with van der Waals surface area (Å²) in [7, 11) is 3.90. The summed E-state index contributed by atoms with van der Waals surface area (Å²) in [6.45, 7) is 3.83. The van der Waals surface area contributed by atoms with Crippen molar-refractivity contribution in [2.45, 2.75) is 45.1 Å². The number of benzene rings is 1. The minimum atomic E-state index is -1.85. The first-order valence-electron chi connectivity index (χ1n) is 10.7. The molecular weight excluding hydrogens is 481 g/mol. The average Bonchev–Trinajstić information content (AvgIpc) is 3.13. The van der Waals surface area contributed by atoms with Crippen LogP contribution >= 0.6 is 24.8 Å². The van der Waals surface area contributed by atoms with Crippen molar-refractivity contribution >= 4 is 41.7 Å². The zero-order valence-corrected chi connectivity index (χ0v) is 20.9. The number of cyclic esters (lactones) is 1. The summed E-state index contributed by atoms with van der Waals surface area (Å²) in [5, 5.41) is 22.5. The molecule has 34 heavy (non-hydrogen) atoms. The van der Waals surface area contributed by atoms with E-state index >= 15 is 0 Å². The van der Waals surface area contributed by atoms with E-state index < -0.39 is 11.6 Å². The first kappa shape index (κ1) is 26.0. The standard InChI is InChI=1S/C24H25N3O5.2ClH/c1-5-24(31)17-9-19-20-13(10-27(19)22(29)16(17)11-32-23(24)30)8-15-18(25-20)7-6-14(21(15)28)12(2)26(3)4;;/h6-9,12,28,31H,5,10-11H2,1-4H3;2*1H/t12?,24-;;/m0../s1. The number of esters is 1. The zero-order chi connectivity index (χ0) is 22.9. The summed E-state index contributed by atoms with van der Waals surface area (Å²) < 4.78 is 6.70. The highest BCUT2D eigenvalue weighted by Crippen LogP contribution is 2.41. The van der Waals surface area contributed by atoms with Gasteiger partial charge >= 0.3 is 5.97 Å². The van der Waals surface area contributed by atoms with Crippen LogP contribution in [0.2, 0.25) is 0 Å². The quantitative estimate of drug-likeness (QED) is 0.410. The minimum Gasteiger partial charge on any atom is -0.507 e. The highest BCUT2D eigenvalue weighted by molar-refractivity contribution is 5.90. The Kier molecular flexibility index (Phi) is 6.76. The van der Waals surface area contributed by atoms with E-state index in [0.29, 0.717) is 40.0 Å². The van der Waals surface area contributed by atoms with Crippen LogP contribution in [0.1, 0.15) is 48.6 Å². The van der Waals surface area contributed by atoms with Crippen molar-refractivity contribution in [1.29, 1.82) is 0 Å². The summed E-state index contributed by atoms with van der Waals surface area (Å²) in [6, 6.07) is 7.31. The number of carbonyl (C=O) groups is 1. The van der Waals surface area contributed by atoms with Gasteiger partial charge in [0.15, 0.2) is 5.60 Å². The van der Waals surface area contributed by atoms with E-state index in [0.717, 1.165) is 11.1 Å². The number of aromatic hydroxyl groups is 1. The molecule has 2 aromatic heterocycles. The highest BCUT2D eigenvalue weighted by Gasteiger charge is 2.45. The summed E-state index contributed by atoms with van der Waals surface area (Å²) >= 11 is 0. The van der Waals surface area contributed by atoms with Gasteiger partial charge < -0.3 is 24.4 Å². The lowest BCUT2D eigenvalue weighted by Gasteiger charge is -2.31. The van der Waals surface area contributed by atoms with Crippen molar-refractivity contribution in [3.05, 3.63) is 56.9 Å². The second kappa shape index (κ2) is 8.85. The predicted molar refractivity (Wildman–Crippen MR) is 133 cm³/mol. The highest BCUT2D eigenvalue weighted by atomic mass is 35.5. The molecule has 0 saturated heterocycles. The molecule has 2 atom stereocenters. The molecule has 8 nitrogen and oxygen atoms in total. The molecule has 1 unspecified atom stereocenters. The summed E-state index contributed by atoms with van der Waals surface area (Å²) in [5.74, 6) is -0.560. The average molecular weight is 508 g/mol. The van der Waals surface area contributed by atoms with Crippen LogP contribution in [0.25, 0.3) is 22.3 Å². The van der Waals surface area contributed by atoms with Crippen LogP contribution in [0.15, 0.2) is 29.1 Å². The number of hydrogen-bond acceptors (Lipinski definition) is 7. The van der Waals surface area contributed by atoms with Crippen molar-refractivity contribution in [3.8, 4) is 17.1 Å². The minimum absolute atomic E-state index is 0. The molecule has 2 aliphatic heterocycles. The number of halogens is 2. The number of nitrogens with zero attached hydrogens (tertiary/aromatic N) is 3. The molecule has 0 bridgehead atoms. The Morgan fingerprint density at radius 1 is 1.24 bits per heavy atom. The largest absolute Gasteiger partial charge is 0.507 e. The van der Waals surface area contributed by atoms with Crippen LogP contribution in [-0.4, -0.2) is 44.7 Å². The van der Waals surface area contributed by atoms with E-state index in [9.17, 15) is 19.8 Å². The van der Waals surface area contributed by atoms with Gasteiger partial charge in [0.1, 0.15) is 12.4 Å². The Balaban J connectivity index is 0.00000162. The Hall–Kier alpha value is -2.65. The van der Waals surface area contributed by atoms with Gasteiger partial charge in [0.05, 0.1) is 29.0 Å². The number of pyridine rings is 2. The first-order valence-corrected chi connectivity index (χ1v) is 10.7. The number of carbonyl (C=O) groups excluding carboxylic acids is 1. The normalized spacial score (nSPS) is 18.9. The molecule has 0 saturated carbocycles. The van der Waals surface area contributed by atoms with Gasteiger partial charge in [0, 0.05) is 28.1 Å². The zero-order valence-electron chi connectivity index (χ0n) is 19.3. The van der Waals surface area contributed by atoms with E-state index in [-0.39, 0.29) is 55.2 Å². The maximum absolute atomic E-state index is 13.2.